The summed E-state index contributed by atoms with van der Waals surface area (Å²) >= 11 is 5.47. The molecule has 1 aromatic heterocycles. The van der Waals surface area contributed by atoms with Crippen molar-refractivity contribution >= 4 is 27.3 Å². The Hall–Kier alpha value is 0.140. The zero-order valence-electron chi connectivity index (χ0n) is 11.4. The first-order valence-electron chi connectivity index (χ1n) is 6.40. The fourth-order valence-corrected chi connectivity index (χ4v) is 3.43. The Labute approximate surface area is 118 Å². The minimum Gasteiger partial charge on any atom is -0.316 e. The van der Waals surface area contributed by atoms with Gasteiger partial charge < -0.3 is 5.32 Å². The highest BCUT2D eigenvalue weighted by Crippen LogP contribution is 2.30. The smallest absolute Gasteiger partial charge is 0.0730 e. The quantitative estimate of drug-likeness (QED) is 0.714. The van der Waals surface area contributed by atoms with Crippen molar-refractivity contribution in [1.29, 1.82) is 0 Å². The molecule has 17 heavy (non-hydrogen) atoms. The van der Waals surface area contributed by atoms with E-state index in [4.69, 9.17) is 0 Å². The maximum atomic E-state index is 3.59. The van der Waals surface area contributed by atoms with Crippen molar-refractivity contribution in [2.45, 2.75) is 47.0 Å². The lowest BCUT2D eigenvalue weighted by atomic mass is 9.87. The molecule has 0 aromatic carbocycles. The van der Waals surface area contributed by atoms with E-state index in [0.717, 1.165) is 13.1 Å². The third-order valence-corrected chi connectivity index (χ3v) is 5.18. The molecule has 0 saturated carbocycles. The predicted molar refractivity (Wildman–Crippen MR) is 82.0 cm³/mol. The summed E-state index contributed by atoms with van der Waals surface area (Å²) in [6.07, 6.45) is 3.65. The molecule has 0 saturated heterocycles. The van der Waals surface area contributed by atoms with Crippen LogP contribution in [0.15, 0.2) is 9.85 Å². The first-order valence-corrected chi connectivity index (χ1v) is 8.01. The molecule has 1 heterocycles. The van der Waals surface area contributed by atoms with E-state index in [1.54, 1.807) is 0 Å². The van der Waals surface area contributed by atoms with Gasteiger partial charge in [-0.15, -0.1) is 11.3 Å². The second kappa shape index (κ2) is 6.91. The lowest BCUT2D eigenvalue weighted by Crippen LogP contribution is -2.30. The van der Waals surface area contributed by atoms with Gasteiger partial charge >= 0.3 is 0 Å². The van der Waals surface area contributed by atoms with Crippen LogP contribution in [0.4, 0.5) is 0 Å². The molecule has 98 valence electrons. The molecule has 0 atom stereocenters. The topological polar surface area (TPSA) is 12.0 Å². The fourth-order valence-electron chi connectivity index (χ4n) is 1.80. The molecule has 0 amide bonds. The summed E-state index contributed by atoms with van der Waals surface area (Å²) in [7, 11) is 0. The first-order chi connectivity index (χ1) is 7.94. The van der Waals surface area contributed by atoms with Crippen LogP contribution in [0, 0.1) is 12.3 Å². The zero-order chi connectivity index (χ0) is 12.9. The number of aryl methyl sites for hydroxylation is 2. The maximum absolute atomic E-state index is 3.59. The van der Waals surface area contributed by atoms with Crippen LogP contribution in [0.3, 0.4) is 0 Å². The number of rotatable bonds is 7. The highest BCUT2D eigenvalue weighted by molar-refractivity contribution is 9.11. The summed E-state index contributed by atoms with van der Waals surface area (Å²) in [6.45, 7) is 11.3. The normalized spacial score (nSPS) is 12.1. The van der Waals surface area contributed by atoms with E-state index >= 15 is 0 Å². The molecule has 0 aliphatic heterocycles. The number of nitrogens with one attached hydrogen (secondary N) is 1. The van der Waals surface area contributed by atoms with E-state index in [1.165, 1.54) is 33.5 Å². The summed E-state index contributed by atoms with van der Waals surface area (Å²) in [5.41, 5.74) is 1.76. The van der Waals surface area contributed by atoms with Crippen molar-refractivity contribution in [1.82, 2.24) is 5.32 Å². The molecule has 1 nitrogen and oxygen atoms in total. The second-order valence-corrected chi connectivity index (χ2v) is 7.97. The maximum Gasteiger partial charge on any atom is 0.0730 e. The Balaban J connectivity index is 2.38. The van der Waals surface area contributed by atoms with Crippen molar-refractivity contribution in [3.8, 4) is 0 Å². The van der Waals surface area contributed by atoms with Crippen LogP contribution >= 0.6 is 27.3 Å². The average Bonchev–Trinajstić information content (AvgIpc) is 2.56. The van der Waals surface area contributed by atoms with Gasteiger partial charge in [0.05, 0.1) is 3.79 Å². The van der Waals surface area contributed by atoms with Crippen LogP contribution in [0.25, 0.3) is 0 Å². The van der Waals surface area contributed by atoms with E-state index in [1.807, 2.05) is 11.3 Å². The standard InChI is InChI=1S/C14H24BrNS/c1-5-8-16-10-14(3,4)7-6-12-9-11(2)13(15)17-12/h9,16H,5-8,10H2,1-4H3. The molecule has 0 fully saturated rings. The zero-order valence-corrected chi connectivity index (χ0v) is 13.8. The summed E-state index contributed by atoms with van der Waals surface area (Å²) in [6, 6.07) is 2.31. The molecule has 3 heteroatoms. The Bertz CT molecular complexity index is 324. The van der Waals surface area contributed by atoms with E-state index < -0.39 is 0 Å². The molecule has 0 spiro atoms. The molecule has 1 rings (SSSR count). The van der Waals surface area contributed by atoms with Gasteiger partial charge in [0.15, 0.2) is 0 Å². The molecule has 1 N–H and O–H groups in total. The summed E-state index contributed by atoms with van der Waals surface area (Å²) in [5, 5.41) is 3.52. The lowest BCUT2D eigenvalue weighted by molar-refractivity contribution is 0.316. The average molecular weight is 318 g/mol. The largest absolute Gasteiger partial charge is 0.316 e. The van der Waals surface area contributed by atoms with Crippen molar-refractivity contribution in [2.24, 2.45) is 5.41 Å². The fraction of sp³-hybridized carbons (Fsp3) is 0.714. The van der Waals surface area contributed by atoms with E-state index in [2.05, 4.69) is 55.0 Å². The minimum absolute atomic E-state index is 0.388. The van der Waals surface area contributed by atoms with Crippen molar-refractivity contribution in [2.75, 3.05) is 13.1 Å². The lowest BCUT2D eigenvalue weighted by Gasteiger charge is -2.24. The Morgan fingerprint density at radius 3 is 2.65 bits per heavy atom. The Morgan fingerprint density at radius 2 is 2.12 bits per heavy atom. The molecule has 0 bridgehead atoms. The van der Waals surface area contributed by atoms with Gasteiger partial charge in [-0.25, -0.2) is 0 Å². The van der Waals surface area contributed by atoms with Crippen molar-refractivity contribution in [3.63, 3.8) is 0 Å². The SMILES string of the molecule is CCCNCC(C)(C)CCc1cc(C)c(Br)s1. The predicted octanol–water partition coefficient (Wildman–Crippen LogP) is 4.78. The highest BCUT2D eigenvalue weighted by Gasteiger charge is 2.17. The Morgan fingerprint density at radius 1 is 1.41 bits per heavy atom. The molecule has 0 radical (unpaired) electrons. The van der Waals surface area contributed by atoms with E-state index in [0.29, 0.717) is 5.41 Å². The molecular formula is C14H24BrNS. The van der Waals surface area contributed by atoms with Gasteiger partial charge in [-0.2, -0.15) is 0 Å². The minimum atomic E-state index is 0.388. The number of hydrogen-bond donors (Lipinski definition) is 1. The second-order valence-electron chi connectivity index (χ2n) is 5.51. The van der Waals surface area contributed by atoms with Crippen molar-refractivity contribution < 1.29 is 0 Å². The number of halogens is 1. The summed E-state index contributed by atoms with van der Waals surface area (Å²) in [5.74, 6) is 0. The van der Waals surface area contributed by atoms with Crippen LogP contribution in [0.2, 0.25) is 0 Å². The molecular weight excluding hydrogens is 294 g/mol. The van der Waals surface area contributed by atoms with Gasteiger partial charge in [0, 0.05) is 11.4 Å². The van der Waals surface area contributed by atoms with Gasteiger partial charge in [0.2, 0.25) is 0 Å². The molecule has 0 unspecified atom stereocenters. The van der Waals surface area contributed by atoms with E-state index in [9.17, 15) is 0 Å². The van der Waals surface area contributed by atoms with Crippen LogP contribution < -0.4 is 5.32 Å². The van der Waals surface area contributed by atoms with Crippen LogP contribution in [-0.2, 0) is 6.42 Å². The third kappa shape index (κ3) is 5.54. The van der Waals surface area contributed by atoms with Gasteiger partial charge in [0.25, 0.3) is 0 Å². The van der Waals surface area contributed by atoms with Gasteiger partial charge in [0.1, 0.15) is 0 Å². The molecule has 0 aliphatic carbocycles. The third-order valence-electron chi connectivity index (χ3n) is 2.99. The van der Waals surface area contributed by atoms with Crippen LogP contribution in [-0.4, -0.2) is 13.1 Å². The summed E-state index contributed by atoms with van der Waals surface area (Å²) < 4.78 is 1.29. The highest BCUT2D eigenvalue weighted by atomic mass is 79.9. The van der Waals surface area contributed by atoms with Crippen molar-refractivity contribution in [3.05, 3.63) is 20.3 Å². The number of thiophene rings is 1. The van der Waals surface area contributed by atoms with Gasteiger partial charge in [-0.05, 0) is 65.7 Å². The Kier molecular flexibility index (Phi) is 6.18. The monoisotopic (exact) mass is 317 g/mol. The van der Waals surface area contributed by atoms with Gasteiger partial charge in [-0.1, -0.05) is 20.8 Å². The van der Waals surface area contributed by atoms with Crippen LogP contribution in [0.5, 0.6) is 0 Å². The summed E-state index contributed by atoms with van der Waals surface area (Å²) in [4.78, 5) is 1.50. The number of hydrogen-bond acceptors (Lipinski definition) is 2. The first kappa shape index (κ1) is 15.2. The van der Waals surface area contributed by atoms with Crippen LogP contribution in [0.1, 0.15) is 44.1 Å². The molecule has 1 aromatic rings. The van der Waals surface area contributed by atoms with E-state index in [-0.39, 0.29) is 0 Å². The molecule has 0 aliphatic rings. The van der Waals surface area contributed by atoms with Gasteiger partial charge in [-0.3, -0.25) is 0 Å².